The van der Waals surface area contributed by atoms with Gasteiger partial charge in [-0.05, 0) is 24.1 Å². The van der Waals surface area contributed by atoms with Crippen LogP contribution in [-0.2, 0) is 16.1 Å². The van der Waals surface area contributed by atoms with Crippen LogP contribution in [0.25, 0.3) is 6.08 Å². The van der Waals surface area contributed by atoms with Crippen molar-refractivity contribution >= 4 is 12.0 Å². The van der Waals surface area contributed by atoms with Crippen LogP contribution in [0.2, 0.25) is 0 Å². The smallest absolute Gasteiger partial charge is 0.328 e. The molecule has 1 aromatic carbocycles. The lowest BCUT2D eigenvalue weighted by Gasteiger charge is -2.01. The van der Waals surface area contributed by atoms with Crippen molar-refractivity contribution in [3.8, 4) is 0 Å². The normalized spacial score (nSPS) is 10.7. The van der Waals surface area contributed by atoms with Crippen LogP contribution in [0.3, 0.4) is 0 Å². The number of carboxylic acid groups (broad SMARTS) is 1. The zero-order chi connectivity index (χ0) is 11.1. The number of hydrogen-bond donors (Lipinski definition) is 1. The lowest BCUT2D eigenvalue weighted by molar-refractivity contribution is -0.131. The molecule has 0 amide bonds. The summed E-state index contributed by atoms with van der Waals surface area (Å²) in [4.78, 5) is 10.3. The largest absolute Gasteiger partial charge is 0.478 e. The lowest BCUT2D eigenvalue weighted by atomic mass is 10.1. The fourth-order valence-electron chi connectivity index (χ4n) is 1.11. The monoisotopic (exact) mass is 206 g/mol. The SMILES string of the molecule is CCOCc1ccc(C=CC(=O)O)cc1. The molecule has 0 aromatic heterocycles. The second-order valence-corrected chi connectivity index (χ2v) is 3.05. The first-order chi connectivity index (χ1) is 7.22. The van der Waals surface area contributed by atoms with E-state index in [-0.39, 0.29) is 0 Å². The number of rotatable bonds is 5. The number of hydrogen-bond acceptors (Lipinski definition) is 2. The fraction of sp³-hybridized carbons (Fsp3) is 0.250. The van der Waals surface area contributed by atoms with Gasteiger partial charge in [-0.25, -0.2) is 4.79 Å². The van der Waals surface area contributed by atoms with Gasteiger partial charge in [0.15, 0.2) is 0 Å². The summed E-state index contributed by atoms with van der Waals surface area (Å²) < 4.78 is 5.25. The molecule has 0 aliphatic heterocycles. The molecule has 0 spiro atoms. The van der Waals surface area contributed by atoms with Crippen molar-refractivity contribution in [1.29, 1.82) is 0 Å². The van der Waals surface area contributed by atoms with Crippen LogP contribution in [0.1, 0.15) is 18.1 Å². The van der Waals surface area contributed by atoms with Gasteiger partial charge in [-0.2, -0.15) is 0 Å². The van der Waals surface area contributed by atoms with E-state index in [4.69, 9.17) is 9.84 Å². The Morgan fingerprint density at radius 2 is 2.07 bits per heavy atom. The van der Waals surface area contributed by atoms with E-state index in [9.17, 15) is 4.79 Å². The Balaban J connectivity index is 2.60. The minimum absolute atomic E-state index is 0.597. The standard InChI is InChI=1S/C12H14O3/c1-2-15-9-11-5-3-10(4-6-11)7-8-12(13)14/h3-8H,2,9H2,1H3,(H,13,14). The molecule has 0 aliphatic rings. The topological polar surface area (TPSA) is 46.5 Å². The van der Waals surface area contributed by atoms with Crippen molar-refractivity contribution in [3.05, 3.63) is 41.5 Å². The number of ether oxygens (including phenoxy) is 1. The first kappa shape index (κ1) is 11.5. The molecule has 0 bridgehead atoms. The maximum Gasteiger partial charge on any atom is 0.328 e. The Morgan fingerprint density at radius 1 is 1.40 bits per heavy atom. The Morgan fingerprint density at radius 3 is 2.60 bits per heavy atom. The second kappa shape index (κ2) is 5.98. The molecule has 0 heterocycles. The number of carbonyl (C=O) groups is 1. The highest BCUT2D eigenvalue weighted by Gasteiger charge is 1.93. The zero-order valence-electron chi connectivity index (χ0n) is 8.64. The molecule has 1 aromatic rings. The highest BCUT2D eigenvalue weighted by molar-refractivity contribution is 5.85. The quantitative estimate of drug-likeness (QED) is 0.752. The van der Waals surface area contributed by atoms with Gasteiger partial charge in [0.25, 0.3) is 0 Å². The van der Waals surface area contributed by atoms with E-state index in [2.05, 4.69) is 0 Å². The average molecular weight is 206 g/mol. The van der Waals surface area contributed by atoms with Gasteiger partial charge in [-0.1, -0.05) is 24.3 Å². The van der Waals surface area contributed by atoms with E-state index in [1.807, 2.05) is 31.2 Å². The molecule has 0 saturated heterocycles. The van der Waals surface area contributed by atoms with Crippen molar-refractivity contribution in [2.24, 2.45) is 0 Å². The van der Waals surface area contributed by atoms with Gasteiger partial charge < -0.3 is 9.84 Å². The molecule has 3 heteroatoms. The molecule has 0 atom stereocenters. The predicted molar refractivity (Wildman–Crippen MR) is 58.4 cm³/mol. The van der Waals surface area contributed by atoms with E-state index in [1.165, 1.54) is 0 Å². The van der Waals surface area contributed by atoms with Crippen molar-refractivity contribution in [2.75, 3.05) is 6.61 Å². The maximum absolute atomic E-state index is 10.3. The van der Waals surface area contributed by atoms with Gasteiger partial charge in [0.05, 0.1) is 6.61 Å². The van der Waals surface area contributed by atoms with Crippen LogP contribution in [0.4, 0.5) is 0 Å². The Hall–Kier alpha value is -1.61. The van der Waals surface area contributed by atoms with Gasteiger partial charge in [-0.15, -0.1) is 0 Å². The molecule has 80 valence electrons. The predicted octanol–water partition coefficient (Wildman–Crippen LogP) is 2.32. The molecular formula is C12H14O3. The average Bonchev–Trinajstić information content (AvgIpc) is 2.25. The third kappa shape index (κ3) is 4.42. The van der Waals surface area contributed by atoms with Crippen LogP contribution < -0.4 is 0 Å². The van der Waals surface area contributed by atoms with E-state index in [0.29, 0.717) is 13.2 Å². The fourth-order valence-corrected chi connectivity index (χ4v) is 1.11. The minimum atomic E-state index is -0.937. The van der Waals surface area contributed by atoms with Gasteiger partial charge in [0.1, 0.15) is 0 Å². The molecular weight excluding hydrogens is 192 g/mol. The van der Waals surface area contributed by atoms with Gasteiger partial charge >= 0.3 is 5.97 Å². The first-order valence-corrected chi connectivity index (χ1v) is 4.80. The molecule has 15 heavy (non-hydrogen) atoms. The molecule has 1 N–H and O–H groups in total. The second-order valence-electron chi connectivity index (χ2n) is 3.05. The number of aliphatic carboxylic acids is 1. The van der Waals surface area contributed by atoms with Crippen molar-refractivity contribution < 1.29 is 14.6 Å². The van der Waals surface area contributed by atoms with Gasteiger partial charge in [0.2, 0.25) is 0 Å². The summed E-state index contributed by atoms with van der Waals surface area (Å²) in [6.45, 7) is 3.24. The van der Waals surface area contributed by atoms with Crippen LogP contribution in [0.15, 0.2) is 30.3 Å². The Bertz CT molecular complexity index is 338. The summed E-state index contributed by atoms with van der Waals surface area (Å²) >= 11 is 0. The summed E-state index contributed by atoms with van der Waals surface area (Å²) in [5.74, 6) is -0.937. The van der Waals surface area contributed by atoms with Crippen LogP contribution in [0, 0.1) is 0 Å². The van der Waals surface area contributed by atoms with Crippen molar-refractivity contribution in [1.82, 2.24) is 0 Å². The molecule has 3 nitrogen and oxygen atoms in total. The minimum Gasteiger partial charge on any atom is -0.478 e. The molecule has 0 aliphatic carbocycles. The van der Waals surface area contributed by atoms with Gasteiger partial charge in [-0.3, -0.25) is 0 Å². The van der Waals surface area contributed by atoms with Crippen LogP contribution >= 0.6 is 0 Å². The molecule has 0 saturated carbocycles. The van der Waals surface area contributed by atoms with Crippen molar-refractivity contribution in [3.63, 3.8) is 0 Å². The summed E-state index contributed by atoms with van der Waals surface area (Å²) in [7, 11) is 0. The lowest BCUT2D eigenvalue weighted by Crippen LogP contribution is -1.91. The summed E-state index contributed by atoms with van der Waals surface area (Å²) in [6.07, 6.45) is 2.68. The van der Waals surface area contributed by atoms with Gasteiger partial charge in [0, 0.05) is 12.7 Å². The van der Waals surface area contributed by atoms with Crippen LogP contribution in [-0.4, -0.2) is 17.7 Å². The summed E-state index contributed by atoms with van der Waals surface area (Å²) in [5.41, 5.74) is 1.96. The van der Waals surface area contributed by atoms with E-state index in [1.54, 1.807) is 6.08 Å². The third-order valence-corrected chi connectivity index (χ3v) is 1.87. The molecule has 0 unspecified atom stereocenters. The van der Waals surface area contributed by atoms with E-state index < -0.39 is 5.97 Å². The Labute approximate surface area is 89.0 Å². The van der Waals surface area contributed by atoms with Crippen molar-refractivity contribution in [2.45, 2.75) is 13.5 Å². The Kier molecular flexibility index (Phi) is 4.57. The number of benzene rings is 1. The maximum atomic E-state index is 10.3. The number of carboxylic acids is 1. The summed E-state index contributed by atoms with van der Waals surface area (Å²) in [6, 6.07) is 7.59. The van der Waals surface area contributed by atoms with E-state index >= 15 is 0 Å². The molecule has 1 rings (SSSR count). The third-order valence-electron chi connectivity index (χ3n) is 1.87. The molecule has 0 fully saturated rings. The first-order valence-electron chi connectivity index (χ1n) is 4.80. The van der Waals surface area contributed by atoms with Crippen LogP contribution in [0.5, 0.6) is 0 Å². The molecule has 0 radical (unpaired) electrons. The zero-order valence-corrected chi connectivity index (χ0v) is 8.64. The highest BCUT2D eigenvalue weighted by atomic mass is 16.5. The van der Waals surface area contributed by atoms with E-state index in [0.717, 1.165) is 17.2 Å². The summed E-state index contributed by atoms with van der Waals surface area (Å²) in [5, 5.41) is 8.44. The highest BCUT2D eigenvalue weighted by Crippen LogP contribution is 2.07.